The van der Waals surface area contributed by atoms with E-state index in [0.29, 0.717) is 5.56 Å². The maximum absolute atomic E-state index is 10.2. The van der Waals surface area contributed by atoms with Crippen LogP contribution in [0.2, 0.25) is 0 Å². The van der Waals surface area contributed by atoms with E-state index in [4.69, 9.17) is 5.11 Å². The zero-order chi connectivity index (χ0) is 8.43. The monoisotopic (exact) mass is 153 g/mol. The molecule has 0 fully saturated rings. The summed E-state index contributed by atoms with van der Waals surface area (Å²) in [5.41, 5.74) is 0.596. The van der Waals surface area contributed by atoms with Crippen molar-refractivity contribution >= 4 is 5.69 Å². The highest BCUT2D eigenvalue weighted by atomic mass is 16.6. The van der Waals surface area contributed by atoms with Crippen LogP contribution in [0.25, 0.3) is 0 Å². The molecular weight excluding hydrogens is 146 g/mol. The number of phenolic OH excluding ortho intramolecular Hbond substituents is 1. The quantitative estimate of drug-likeness (QED) is 0.492. The molecule has 1 aromatic carbocycles. The molecule has 0 bridgehead atoms. The Hall–Kier alpha value is -1.58. The molecule has 0 saturated heterocycles. The van der Waals surface area contributed by atoms with E-state index in [-0.39, 0.29) is 11.4 Å². The average molecular weight is 153 g/mol. The number of nitro benzene ring substituents is 1. The summed E-state index contributed by atoms with van der Waals surface area (Å²) in [7, 11) is 0. The first kappa shape index (κ1) is 7.53. The van der Waals surface area contributed by atoms with Gasteiger partial charge in [0, 0.05) is 6.07 Å². The van der Waals surface area contributed by atoms with Gasteiger partial charge in [-0.25, -0.2) is 0 Å². The van der Waals surface area contributed by atoms with Gasteiger partial charge in [0.05, 0.1) is 11.0 Å². The van der Waals surface area contributed by atoms with Crippen LogP contribution in [0.1, 0.15) is 5.56 Å². The number of nitro groups is 1. The molecule has 0 heterocycles. The third-order valence-corrected chi connectivity index (χ3v) is 1.26. The topological polar surface area (TPSA) is 63.4 Å². The number of hydrogen-bond donors (Lipinski definition) is 1. The Morgan fingerprint density at radius 3 is 2.55 bits per heavy atom. The van der Waals surface area contributed by atoms with Crippen molar-refractivity contribution < 1.29 is 10.0 Å². The lowest BCUT2D eigenvalue weighted by Crippen LogP contribution is -1.87. The molecule has 58 valence electrons. The zero-order valence-corrected chi connectivity index (χ0v) is 5.94. The van der Waals surface area contributed by atoms with Gasteiger partial charge >= 0.3 is 0 Å². The summed E-state index contributed by atoms with van der Waals surface area (Å²) in [4.78, 5) is 9.66. The van der Waals surface area contributed by atoms with Crippen molar-refractivity contribution in [3.63, 3.8) is 0 Å². The molecule has 1 rings (SSSR count). The number of hydrogen-bond acceptors (Lipinski definition) is 3. The Kier molecular flexibility index (Phi) is 1.76. The molecule has 1 aromatic rings. The number of non-ortho nitro benzene ring substituents is 1. The Bertz CT molecular complexity index is 275. The van der Waals surface area contributed by atoms with Crippen LogP contribution in [0.15, 0.2) is 18.2 Å². The predicted molar refractivity (Wildman–Crippen MR) is 39.5 cm³/mol. The van der Waals surface area contributed by atoms with Gasteiger partial charge in [-0.05, 0) is 18.6 Å². The molecule has 0 amide bonds. The van der Waals surface area contributed by atoms with E-state index in [2.05, 4.69) is 0 Å². The summed E-state index contributed by atoms with van der Waals surface area (Å²) < 4.78 is 0. The van der Waals surface area contributed by atoms with Crippen molar-refractivity contribution in [3.05, 3.63) is 33.9 Å². The molecule has 4 heteroatoms. The molecule has 4 nitrogen and oxygen atoms in total. The summed E-state index contributed by atoms with van der Waals surface area (Å²) in [6.45, 7) is 1.69. The van der Waals surface area contributed by atoms with E-state index in [9.17, 15) is 10.1 Å². The van der Waals surface area contributed by atoms with E-state index in [1.807, 2.05) is 0 Å². The highest BCUT2D eigenvalue weighted by Crippen LogP contribution is 2.20. The lowest BCUT2D eigenvalue weighted by Gasteiger charge is -1.94. The van der Waals surface area contributed by atoms with Gasteiger partial charge in [0.25, 0.3) is 5.69 Å². The van der Waals surface area contributed by atoms with E-state index in [1.54, 1.807) is 6.92 Å². The normalized spacial score (nSPS) is 9.55. The first-order valence-corrected chi connectivity index (χ1v) is 3.04. The second kappa shape index (κ2) is 2.57. The molecular formula is C7H7NO3. The third-order valence-electron chi connectivity index (χ3n) is 1.26. The Morgan fingerprint density at radius 2 is 2.09 bits per heavy atom. The third kappa shape index (κ3) is 1.67. The van der Waals surface area contributed by atoms with Crippen LogP contribution in [0.4, 0.5) is 5.69 Å². The number of aryl methyl sites for hydroxylation is 1. The fourth-order valence-electron chi connectivity index (χ4n) is 0.848. The summed E-state index contributed by atoms with van der Waals surface area (Å²) >= 11 is 0. The second-order valence-corrected chi connectivity index (χ2v) is 2.28. The molecule has 0 aromatic heterocycles. The van der Waals surface area contributed by atoms with Crippen LogP contribution in [0.5, 0.6) is 5.75 Å². The summed E-state index contributed by atoms with van der Waals surface area (Å²) in [5, 5.41) is 19.1. The molecule has 0 aliphatic rings. The van der Waals surface area contributed by atoms with Crippen molar-refractivity contribution in [2.75, 3.05) is 0 Å². The Labute approximate surface area is 63.2 Å². The minimum absolute atomic E-state index is 0.0725. The van der Waals surface area contributed by atoms with Gasteiger partial charge in [-0.15, -0.1) is 0 Å². The molecule has 0 aliphatic heterocycles. The molecule has 0 aliphatic carbocycles. The van der Waals surface area contributed by atoms with Gasteiger partial charge in [-0.2, -0.15) is 0 Å². The van der Waals surface area contributed by atoms with Crippen molar-refractivity contribution in [2.24, 2.45) is 0 Å². The summed E-state index contributed by atoms with van der Waals surface area (Å²) in [6, 6.07) is 3.99. The largest absolute Gasteiger partial charge is 0.508 e. The van der Waals surface area contributed by atoms with Crippen LogP contribution >= 0.6 is 0 Å². The molecule has 1 N–H and O–H groups in total. The molecule has 0 atom stereocenters. The Balaban J connectivity index is 3.19. The molecule has 0 radical (unpaired) electrons. The van der Waals surface area contributed by atoms with Crippen LogP contribution in [0, 0.1) is 17.0 Å². The van der Waals surface area contributed by atoms with Gasteiger partial charge in [-0.3, -0.25) is 10.1 Å². The molecule has 0 spiro atoms. The zero-order valence-electron chi connectivity index (χ0n) is 5.94. The lowest BCUT2D eigenvalue weighted by atomic mass is 10.2. The van der Waals surface area contributed by atoms with Crippen LogP contribution < -0.4 is 0 Å². The van der Waals surface area contributed by atoms with Crippen molar-refractivity contribution in [1.82, 2.24) is 0 Å². The summed E-state index contributed by atoms with van der Waals surface area (Å²) in [5.74, 6) is -0.0725. The van der Waals surface area contributed by atoms with Gasteiger partial charge < -0.3 is 5.11 Å². The number of nitrogens with zero attached hydrogens (tertiary/aromatic N) is 1. The van der Waals surface area contributed by atoms with Crippen LogP contribution in [-0.4, -0.2) is 10.0 Å². The predicted octanol–water partition coefficient (Wildman–Crippen LogP) is 1.61. The van der Waals surface area contributed by atoms with Gasteiger partial charge in [0.15, 0.2) is 0 Å². The number of aromatic hydroxyl groups is 1. The van der Waals surface area contributed by atoms with Crippen LogP contribution in [-0.2, 0) is 0 Å². The fraction of sp³-hybridized carbons (Fsp3) is 0.143. The number of rotatable bonds is 1. The van der Waals surface area contributed by atoms with Gasteiger partial charge in [0.2, 0.25) is 0 Å². The maximum atomic E-state index is 10.2. The van der Waals surface area contributed by atoms with Gasteiger partial charge in [0.1, 0.15) is 5.75 Å². The number of phenols is 1. The minimum atomic E-state index is -0.535. The first-order chi connectivity index (χ1) is 5.09. The molecule has 11 heavy (non-hydrogen) atoms. The highest BCUT2D eigenvalue weighted by Gasteiger charge is 2.06. The van der Waals surface area contributed by atoms with Gasteiger partial charge in [-0.1, -0.05) is 0 Å². The smallest absolute Gasteiger partial charge is 0.273 e. The molecule has 0 saturated carbocycles. The SMILES string of the molecule is Cc1cc(O)cc([N+](=O)[O-])c1. The first-order valence-electron chi connectivity index (χ1n) is 3.04. The average Bonchev–Trinajstić information content (AvgIpc) is 1.85. The van der Waals surface area contributed by atoms with Crippen molar-refractivity contribution in [2.45, 2.75) is 6.92 Å². The molecule has 0 unspecified atom stereocenters. The standard InChI is InChI=1S/C7H7NO3/c1-5-2-6(8(10)11)4-7(9)3-5/h2-4,9H,1H3. The lowest BCUT2D eigenvalue weighted by molar-refractivity contribution is -0.385. The highest BCUT2D eigenvalue weighted by molar-refractivity contribution is 5.41. The minimum Gasteiger partial charge on any atom is -0.508 e. The van der Waals surface area contributed by atoms with Crippen LogP contribution in [0.3, 0.4) is 0 Å². The van der Waals surface area contributed by atoms with Crippen molar-refractivity contribution in [3.8, 4) is 5.75 Å². The fourth-order valence-corrected chi connectivity index (χ4v) is 0.848. The number of benzene rings is 1. The van der Waals surface area contributed by atoms with E-state index < -0.39 is 4.92 Å². The second-order valence-electron chi connectivity index (χ2n) is 2.28. The van der Waals surface area contributed by atoms with E-state index >= 15 is 0 Å². The van der Waals surface area contributed by atoms with E-state index in [0.717, 1.165) is 6.07 Å². The van der Waals surface area contributed by atoms with E-state index in [1.165, 1.54) is 12.1 Å². The summed E-state index contributed by atoms with van der Waals surface area (Å²) in [6.07, 6.45) is 0. The van der Waals surface area contributed by atoms with Crippen molar-refractivity contribution in [1.29, 1.82) is 0 Å². The Morgan fingerprint density at radius 1 is 1.45 bits per heavy atom. The maximum Gasteiger partial charge on any atom is 0.273 e.